The van der Waals surface area contributed by atoms with E-state index in [0.717, 1.165) is 45.3 Å². The first-order chi connectivity index (χ1) is 27.7. The molecule has 0 aliphatic carbocycles. The van der Waals surface area contributed by atoms with Gasteiger partial charge in [-0.1, -0.05) is 171 Å². The molecule has 0 saturated heterocycles. The first-order valence-electron chi connectivity index (χ1n) is 19.0. The van der Waals surface area contributed by atoms with Crippen molar-refractivity contribution in [2.24, 2.45) is 0 Å². The van der Waals surface area contributed by atoms with Gasteiger partial charge < -0.3 is 9.80 Å². The van der Waals surface area contributed by atoms with Crippen molar-refractivity contribution in [2.45, 2.75) is 0 Å². The summed E-state index contributed by atoms with van der Waals surface area (Å²) >= 11 is 0. The van der Waals surface area contributed by atoms with Crippen molar-refractivity contribution in [1.29, 1.82) is 0 Å². The average Bonchev–Trinajstić information content (AvgIpc) is 3.27. The third-order valence-corrected chi connectivity index (χ3v) is 10.5. The number of fused-ring (bicyclic) bond motifs is 2. The van der Waals surface area contributed by atoms with Crippen molar-refractivity contribution in [3.8, 4) is 22.3 Å². The molecule has 0 heterocycles. The predicted octanol–water partition coefficient (Wildman–Crippen LogP) is 15.6. The fraction of sp³-hybridized carbons (Fsp3) is 0. The van der Waals surface area contributed by atoms with Crippen molar-refractivity contribution in [3.05, 3.63) is 231 Å². The molecule has 266 valence electrons. The fourth-order valence-electron chi connectivity index (χ4n) is 7.70. The Kier molecular flexibility index (Phi) is 9.29. The van der Waals surface area contributed by atoms with Crippen molar-refractivity contribution in [3.63, 3.8) is 0 Å². The van der Waals surface area contributed by atoms with Crippen LogP contribution < -0.4 is 9.80 Å². The maximum atomic E-state index is 4.02. The minimum atomic E-state index is 1.08. The molecule has 0 spiro atoms. The molecule has 9 rings (SSSR count). The molecule has 0 saturated carbocycles. The molecule has 56 heavy (non-hydrogen) atoms. The van der Waals surface area contributed by atoms with Crippen LogP contribution in [0.2, 0.25) is 0 Å². The zero-order valence-corrected chi connectivity index (χ0v) is 31.1. The largest absolute Gasteiger partial charge is 0.310 e. The fourth-order valence-corrected chi connectivity index (χ4v) is 7.70. The standard InChI is InChI=1S/C54H40N2/c1-3-39-13-9-19-49(37-39)55(53-23-11-17-45-15-5-7-21-51(45)53)47-33-29-43(30-34-47)41-25-27-42(28-26-41)44-31-35-48(36-32-44)56(50-20-10-14-40(4-2)38-50)54-24-12-18-46-16-6-8-22-52(46)54/h3-38H,1-2H2. The van der Waals surface area contributed by atoms with E-state index in [0.29, 0.717) is 0 Å². The molecule has 0 bridgehead atoms. The summed E-state index contributed by atoms with van der Waals surface area (Å²) in [5, 5.41) is 4.83. The van der Waals surface area contributed by atoms with Crippen LogP contribution in [0.1, 0.15) is 11.1 Å². The quantitative estimate of drug-likeness (QED) is 0.139. The number of nitrogens with zero attached hydrogens (tertiary/aromatic N) is 2. The monoisotopic (exact) mass is 716 g/mol. The smallest absolute Gasteiger partial charge is 0.0540 e. The lowest BCUT2D eigenvalue weighted by molar-refractivity contribution is 1.29. The van der Waals surface area contributed by atoms with Gasteiger partial charge in [0, 0.05) is 33.5 Å². The highest BCUT2D eigenvalue weighted by atomic mass is 15.1. The van der Waals surface area contributed by atoms with Gasteiger partial charge in [0.1, 0.15) is 0 Å². The Balaban J connectivity index is 1.02. The molecule has 0 atom stereocenters. The summed E-state index contributed by atoms with van der Waals surface area (Å²) in [7, 11) is 0. The minimum absolute atomic E-state index is 1.08. The molecule has 0 amide bonds. The Morgan fingerprint density at radius 1 is 0.304 bits per heavy atom. The van der Waals surface area contributed by atoms with Crippen LogP contribution in [0.3, 0.4) is 0 Å². The van der Waals surface area contributed by atoms with Crippen molar-refractivity contribution in [2.75, 3.05) is 9.80 Å². The molecule has 0 radical (unpaired) electrons. The number of anilines is 6. The van der Waals surface area contributed by atoms with E-state index in [9.17, 15) is 0 Å². The third kappa shape index (κ3) is 6.66. The lowest BCUT2D eigenvalue weighted by Crippen LogP contribution is -2.10. The highest BCUT2D eigenvalue weighted by molar-refractivity contribution is 6.00. The molecule has 0 unspecified atom stereocenters. The summed E-state index contributed by atoms with van der Waals surface area (Å²) < 4.78 is 0. The summed E-state index contributed by atoms with van der Waals surface area (Å²) in [6, 6.07) is 73.8. The SMILES string of the molecule is C=Cc1cccc(N(c2ccc(-c3ccc(-c4ccc(N(c5cccc(C=C)c5)c5cccc6ccccc56)cc4)cc3)cc2)c2cccc3ccccc23)c1. The molecule has 0 aliphatic heterocycles. The average molecular weight is 717 g/mol. The molecule has 9 aromatic rings. The molecular formula is C54H40N2. The molecule has 2 nitrogen and oxygen atoms in total. The van der Waals surface area contributed by atoms with E-state index in [-0.39, 0.29) is 0 Å². The molecule has 0 fully saturated rings. The van der Waals surface area contributed by atoms with Crippen LogP contribution in [0.5, 0.6) is 0 Å². The van der Waals surface area contributed by atoms with Gasteiger partial charge in [-0.3, -0.25) is 0 Å². The second-order valence-corrected chi connectivity index (χ2v) is 13.9. The van der Waals surface area contributed by atoms with Crippen LogP contribution in [0, 0.1) is 0 Å². The third-order valence-electron chi connectivity index (χ3n) is 10.5. The second kappa shape index (κ2) is 15.1. The summed E-state index contributed by atoms with van der Waals surface area (Å²) in [5.74, 6) is 0. The van der Waals surface area contributed by atoms with Crippen LogP contribution in [0.4, 0.5) is 34.1 Å². The Morgan fingerprint density at radius 3 is 1.04 bits per heavy atom. The number of rotatable bonds is 10. The zero-order valence-electron chi connectivity index (χ0n) is 31.1. The van der Waals surface area contributed by atoms with E-state index in [1.807, 2.05) is 12.2 Å². The maximum absolute atomic E-state index is 4.02. The van der Waals surface area contributed by atoms with Crippen LogP contribution in [-0.4, -0.2) is 0 Å². The molecule has 2 heteroatoms. The summed E-state index contributed by atoms with van der Waals surface area (Å²) in [6.45, 7) is 8.04. The molecular weight excluding hydrogens is 677 g/mol. The maximum Gasteiger partial charge on any atom is 0.0540 e. The Morgan fingerprint density at radius 2 is 0.643 bits per heavy atom. The van der Waals surface area contributed by atoms with Crippen LogP contribution >= 0.6 is 0 Å². The van der Waals surface area contributed by atoms with Gasteiger partial charge >= 0.3 is 0 Å². The van der Waals surface area contributed by atoms with Gasteiger partial charge in [0.15, 0.2) is 0 Å². The van der Waals surface area contributed by atoms with Gasteiger partial charge in [-0.05, 0) is 105 Å². The Labute approximate surface area is 329 Å². The van der Waals surface area contributed by atoms with Crippen LogP contribution in [0.15, 0.2) is 219 Å². The number of hydrogen-bond acceptors (Lipinski definition) is 2. The summed E-state index contributed by atoms with van der Waals surface area (Å²) in [5.41, 5.74) is 13.5. The first kappa shape index (κ1) is 34.4. The minimum Gasteiger partial charge on any atom is -0.310 e. The molecule has 9 aromatic carbocycles. The number of benzene rings is 9. The van der Waals surface area contributed by atoms with E-state index >= 15 is 0 Å². The Bertz CT molecular complexity index is 2620. The molecule has 0 N–H and O–H groups in total. The van der Waals surface area contributed by atoms with E-state index in [1.54, 1.807) is 0 Å². The van der Waals surface area contributed by atoms with Gasteiger partial charge in [-0.25, -0.2) is 0 Å². The van der Waals surface area contributed by atoms with Crippen molar-refractivity contribution < 1.29 is 0 Å². The lowest BCUT2D eigenvalue weighted by Gasteiger charge is -2.27. The molecule has 0 aliphatic rings. The topological polar surface area (TPSA) is 6.48 Å². The van der Waals surface area contributed by atoms with Gasteiger partial charge in [-0.15, -0.1) is 0 Å². The number of hydrogen-bond donors (Lipinski definition) is 0. The van der Waals surface area contributed by atoms with Gasteiger partial charge in [0.2, 0.25) is 0 Å². The lowest BCUT2D eigenvalue weighted by atomic mass is 9.99. The first-order valence-corrected chi connectivity index (χ1v) is 19.0. The van der Waals surface area contributed by atoms with Crippen LogP contribution in [-0.2, 0) is 0 Å². The van der Waals surface area contributed by atoms with Crippen molar-refractivity contribution >= 4 is 67.8 Å². The highest BCUT2D eigenvalue weighted by Gasteiger charge is 2.17. The predicted molar refractivity (Wildman–Crippen MR) is 242 cm³/mol. The van der Waals surface area contributed by atoms with E-state index < -0.39 is 0 Å². The second-order valence-electron chi connectivity index (χ2n) is 13.9. The molecule has 0 aromatic heterocycles. The van der Waals surface area contributed by atoms with E-state index in [1.165, 1.54) is 43.8 Å². The van der Waals surface area contributed by atoms with Gasteiger partial charge in [0.25, 0.3) is 0 Å². The van der Waals surface area contributed by atoms with Crippen molar-refractivity contribution in [1.82, 2.24) is 0 Å². The van der Waals surface area contributed by atoms with E-state index in [4.69, 9.17) is 0 Å². The summed E-state index contributed by atoms with van der Waals surface area (Å²) in [6.07, 6.45) is 3.80. The summed E-state index contributed by atoms with van der Waals surface area (Å²) in [4.78, 5) is 4.67. The Hall–Kier alpha value is -7.42. The van der Waals surface area contributed by atoms with Gasteiger partial charge in [-0.2, -0.15) is 0 Å². The zero-order chi connectivity index (χ0) is 37.8. The highest BCUT2D eigenvalue weighted by Crippen LogP contribution is 2.42. The van der Waals surface area contributed by atoms with E-state index in [2.05, 4.69) is 229 Å². The van der Waals surface area contributed by atoms with Gasteiger partial charge in [0.05, 0.1) is 11.4 Å². The van der Waals surface area contributed by atoms with Crippen LogP contribution in [0.25, 0.3) is 56.0 Å². The normalized spacial score (nSPS) is 11.0.